The first-order valence-corrected chi connectivity index (χ1v) is 9.63. The molecule has 0 unspecified atom stereocenters. The number of rotatable bonds is 6. The molecule has 1 fully saturated rings. The van der Waals surface area contributed by atoms with E-state index in [1.807, 2.05) is 30.3 Å². The van der Waals surface area contributed by atoms with Gasteiger partial charge in [0.25, 0.3) is 11.1 Å². The number of pyridine rings is 1. The van der Waals surface area contributed by atoms with Gasteiger partial charge in [0.05, 0.1) is 12.0 Å². The topological polar surface area (TPSA) is 83.6 Å². The number of carbonyl (C=O) groups is 2. The number of nitrogens with zero attached hydrogens (tertiary/aromatic N) is 2. The molecule has 2 N–H and O–H groups in total. The summed E-state index contributed by atoms with van der Waals surface area (Å²) in [5.74, 6) is 0.442. The second-order valence-electron chi connectivity index (χ2n) is 5.73. The standard InChI is InChI=1S/C19H18N4O3S2/c1-26-15-6-4-14(5-7-15)22-18(27)21-9-10-23-17(24)16(28-19(23)25)11-13-3-2-8-20-12-13/h2-8,11-12H,9-10H2,1H3,(H2,21,22,27)/b16-11-. The van der Waals surface area contributed by atoms with E-state index in [0.717, 1.165) is 28.8 Å². The summed E-state index contributed by atoms with van der Waals surface area (Å²) in [4.78, 5) is 30.2. The molecule has 9 heteroatoms. The summed E-state index contributed by atoms with van der Waals surface area (Å²) < 4.78 is 5.11. The van der Waals surface area contributed by atoms with Gasteiger partial charge in [-0.15, -0.1) is 0 Å². The van der Waals surface area contributed by atoms with Gasteiger partial charge in [-0.2, -0.15) is 0 Å². The van der Waals surface area contributed by atoms with Crippen molar-refractivity contribution < 1.29 is 14.3 Å². The molecule has 1 saturated heterocycles. The van der Waals surface area contributed by atoms with E-state index in [2.05, 4.69) is 15.6 Å². The molecule has 2 heterocycles. The van der Waals surface area contributed by atoms with Gasteiger partial charge in [0.2, 0.25) is 0 Å². The molecule has 2 amide bonds. The van der Waals surface area contributed by atoms with Crippen LogP contribution in [0.2, 0.25) is 0 Å². The average Bonchev–Trinajstić information content (AvgIpc) is 2.96. The van der Waals surface area contributed by atoms with Crippen LogP contribution < -0.4 is 15.4 Å². The van der Waals surface area contributed by atoms with Gasteiger partial charge in [0.1, 0.15) is 5.75 Å². The van der Waals surface area contributed by atoms with Gasteiger partial charge < -0.3 is 15.4 Å². The summed E-state index contributed by atoms with van der Waals surface area (Å²) >= 11 is 6.16. The maximum Gasteiger partial charge on any atom is 0.293 e. The molecular weight excluding hydrogens is 396 g/mol. The third-order valence-corrected chi connectivity index (χ3v) is 4.98. The molecule has 3 rings (SSSR count). The highest BCUT2D eigenvalue weighted by Gasteiger charge is 2.34. The number of imide groups is 1. The Kier molecular flexibility index (Phi) is 6.62. The lowest BCUT2D eigenvalue weighted by Crippen LogP contribution is -2.38. The Hall–Kier alpha value is -2.91. The second-order valence-corrected chi connectivity index (χ2v) is 7.13. The lowest BCUT2D eigenvalue weighted by Gasteiger charge is -2.15. The summed E-state index contributed by atoms with van der Waals surface area (Å²) in [5, 5.41) is 6.14. The molecule has 1 aromatic heterocycles. The highest BCUT2D eigenvalue weighted by molar-refractivity contribution is 8.18. The molecule has 28 heavy (non-hydrogen) atoms. The van der Waals surface area contributed by atoms with Gasteiger partial charge in [-0.1, -0.05) is 6.07 Å². The zero-order valence-corrected chi connectivity index (χ0v) is 16.7. The minimum absolute atomic E-state index is 0.222. The van der Waals surface area contributed by atoms with Gasteiger partial charge in [0, 0.05) is 31.2 Å². The van der Waals surface area contributed by atoms with Crippen molar-refractivity contribution in [2.75, 3.05) is 25.5 Å². The molecule has 0 atom stereocenters. The highest BCUT2D eigenvalue weighted by atomic mass is 32.2. The van der Waals surface area contributed by atoms with Crippen LogP contribution in [-0.2, 0) is 4.79 Å². The molecule has 2 aromatic rings. The van der Waals surface area contributed by atoms with E-state index >= 15 is 0 Å². The number of aromatic nitrogens is 1. The lowest BCUT2D eigenvalue weighted by atomic mass is 10.2. The Balaban J connectivity index is 1.50. The maximum absolute atomic E-state index is 12.5. The largest absolute Gasteiger partial charge is 0.497 e. The molecule has 0 radical (unpaired) electrons. The van der Waals surface area contributed by atoms with E-state index in [-0.39, 0.29) is 17.7 Å². The normalized spacial score (nSPS) is 15.0. The fraction of sp³-hybridized carbons (Fsp3) is 0.158. The van der Waals surface area contributed by atoms with Crippen LogP contribution >= 0.6 is 24.0 Å². The number of carbonyl (C=O) groups excluding carboxylic acids is 2. The number of nitrogens with one attached hydrogen (secondary N) is 2. The Morgan fingerprint density at radius 3 is 2.75 bits per heavy atom. The Labute approximate surface area is 172 Å². The van der Waals surface area contributed by atoms with E-state index in [4.69, 9.17) is 17.0 Å². The second kappa shape index (κ2) is 9.34. The third-order valence-electron chi connectivity index (χ3n) is 3.82. The lowest BCUT2D eigenvalue weighted by molar-refractivity contribution is -0.122. The summed E-state index contributed by atoms with van der Waals surface area (Å²) in [7, 11) is 1.60. The van der Waals surface area contributed by atoms with Crippen molar-refractivity contribution in [2.24, 2.45) is 0 Å². The van der Waals surface area contributed by atoms with Gasteiger partial charge in [-0.05, 0) is 66.0 Å². The number of ether oxygens (including phenoxy) is 1. The number of anilines is 1. The van der Waals surface area contributed by atoms with E-state index in [1.54, 1.807) is 31.6 Å². The zero-order chi connectivity index (χ0) is 19.9. The van der Waals surface area contributed by atoms with E-state index in [1.165, 1.54) is 4.90 Å². The quantitative estimate of drug-likeness (QED) is 0.551. The van der Waals surface area contributed by atoms with Crippen LogP contribution in [-0.4, -0.2) is 46.3 Å². The summed E-state index contributed by atoms with van der Waals surface area (Å²) in [6.07, 6.45) is 4.96. The van der Waals surface area contributed by atoms with Gasteiger partial charge in [-0.3, -0.25) is 19.5 Å². The first kappa shape index (κ1) is 19.8. The molecule has 144 valence electrons. The minimum atomic E-state index is -0.310. The number of hydrogen-bond acceptors (Lipinski definition) is 6. The molecule has 0 spiro atoms. The number of hydrogen-bond donors (Lipinski definition) is 2. The number of thioether (sulfide) groups is 1. The number of benzene rings is 1. The minimum Gasteiger partial charge on any atom is -0.497 e. The SMILES string of the molecule is COc1ccc(NC(=S)NCCN2C(=O)S/C(=C\c3cccnc3)C2=O)cc1. The monoisotopic (exact) mass is 414 g/mol. The zero-order valence-electron chi connectivity index (χ0n) is 15.0. The molecule has 7 nitrogen and oxygen atoms in total. The Morgan fingerprint density at radius 2 is 2.07 bits per heavy atom. The number of methoxy groups -OCH3 is 1. The van der Waals surface area contributed by atoms with Crippen LogP contribution in [0.5, 0.6) is 5.75 Å². The Bertz CT molecular complexity index is 901. The fourth-order valence-corrected chi connectivity index (χ4v) is 3.52. The number of amides is 2. The first-order valence-electron chi connectivity index (χ1n) is 8.41. The van der Waals surface area contributed by atoms with Gasteiger partial charge in [0.15, 0.2) is 5.11 Å². The van der Waals surface area contributed by atoms with Crippen molar-refractivity contribution in [2.45, 2.75) is 0 Å². The highest BCUT2D eigenvalue weighted by Crippen LogP contribution is 2.31. The first-order chi connectivity index (χ1) is 13.6. The van der Waals surface area contributed by atoms with E-state index in [9.17, 15) is 9.59 Å². The van der Waals surface area contributed by atoms with Crippen molar-refractivity contribution in [3.63, 3.8) is 0 Å². The molecule has 1 aromatic carbocycles. The van der Waals surface area contributed by atoms with Crippen LogP contribution in [0.4, 0.5) is 10.5 Å². The van der Waals surface area contributed by atoms with Crippen molar-refractivity contribution in [1.29, 1.82) is 0 Å². The van der Waals surface area contributed by atoms with E-state index in [0.29, 0.717) is 16.6 Å². The molecule has 1 aliphatic heterocycles. The van der Waals surface area contributed by atoms with Crippen molar-refractivity contribution in [3.05, 3.63) is 59.3 Å². The predicted molar refractivity (Wildman–Crippen MR) is 114 cm³/mol. The van der Waals surface area contributed by atoms with Gasteiger partial charge in [-0.25, -0.2) is 0 Å². The average molecular weight is 415 g/mol. The molecule has 0 bridgehead atoms. The molecule has 0 saturated carbocycles. The summed E-state index contributed by atoms with van der Waals surface area (Å²) in [6.45, 7) is 0.569. The Morgan fingerprint density at radius 1 is 1.29 bits per heavy atom. The van der Waals surface area contributed by atoms with Crippen molar-refractivity contribution >= 4 is 52.0 Å². The maximum atomic E-state index is 12.5. The summed E-state index contributed by atoms with van der Waals surface area (Å²) in [6, 6.07) is 10.9. The summed E-state index contributed by atoms with van der Waals surface area (Å²) in [5.41, 5.74) is 1.58. The van der Waals surface area contributed by atoms with Crippen LogP contribution in [0, 0.1) is 0 Å². The predicted octanol–water partition coefficient (Wildman–Crippen LogP) is 3.11. The third kappa shape index (κ3) is 5.08. The van der Waals surface area contributed by atoms with Crippen molar-refractivity contribution in [1.82, 2.24) is 15.2 Å². The van der Waals surface area contributed by atoms with Crippen LogP contribution in [0.25, 0.3) is 6.08 Å². The fourth-order valence-electron chi connectivity index (χ4n) is 2.44. The number of thiocarbonyl (C=S) groups is 1. The molecular formula is C19H18N4O3S2. The van der Waals surface area contributed by atoms with Gasteiger partial charge >= 0.3 is 0 Å². The smallest absolute Gasteiger partial charge is 0.293 e. The van der Waals surface area contributed by atoms with Crippen LogP contribution in [0.3, 0.4) is 0 Å². The van der Waals surface area contributed by atoms with Crippen LogP contribution in [0.15, 0.2) is 53.7 Å². The van der Waals surface area contributed by atoms with Crippen LogP contribution in [0.1, 0.15) is 5.56 Å². The van der Waals surface area contributed by atoms with E-state index < -0.39 is 0 Å². The van der Waals surface area contributed by atoms with Crippen molar-refractivity contribution in [3.8, 4) is 5.75 Å². The molecule has 0 aliphatic carbocycles. The molecule has 1 aliphatic rings.